The monoisotopic (exact) mass is 368 g/mol. The first-order valence-corrected chi connectivity index (χ1v) is 10.5. The van der Waals surface area contributed by atoms with E-state index in [1.54, 1.807) is 4.90 Å². The first kappa shape index (κ1) is 19.9. The van der Waals surface area contributed by atoms with Crippen molar-refractivity contribution in [2.45, 2.75) is 51.6 Å². The van der Waals surface area contributed by atoms with Gasteiger partial charge < -0.3 is 14.7 Å². The summed E-state index contributed by atoms with van der Waals surface area (Å²) in [5.41, 5.74) is 2.16. The fourth-order valence-electron chi connectivity index (χ4n) is 4.06. The molecule has 0 spiro atoms. The molecular formula is C24H34NO2+. The zero-order valence-electron chi connectivity index (χ0n) is 16.8. The van der Waals surface area contributed by atoms with Gasteiger partial charge in [0.15, 0.2) is 0 Å². The van der Waals surface area contributed by atoms with Gasteiger partial charge in [0.05, 0.1) is 26.2 Å². The number of nitrogens with one attached hydrogen (secondary N) is 1. The quantitative estimate of drug-likeness (QED) is 0.748. The molecule has 0 amide bonds. The highest BCUT2D eigenvalue weighted by Gasteiger charge is 2.33. The topological polar surface area (TPSA) is 33.9 Å². The van der Waals surface area contributed by atoms with Crippen LogP contribution in [0.4, 0.5) is 0 Å². The summed E-state index contributed by atoms with van der Waals surface area (Å²) < 4.78 is 5.72. The lowest BCUT2D eigenvalue weighted by Crippen LogP contribution is -3.13. The fourth-order valence-corrected chi connectivity index (χ4v) is 4.06. The third kappa shape index (κ3) is 5.12. The van der Waals surface area contributed by atoms with Crippen LogP contribution in [0.25, 0.3) is 0 Å². The van der Waals surface area contributed by atoms with Crippen LogP contribution >= 0.6 is 0 Å². The lowest BCUT2D eigenvalue weighted by atomic mass is 9.82. The van der Waals surface area contributed by atoms with Crippen molar-refractivity contribution in [3.05, 3.63) is 65.2 Å². The smallest absolute Gasteiger partial charge is 0.120 e. The summed E-state index contributed by atoms with van der Waals surface area (Å²) in [5.74, 6) is 0.869. The first-order valence-electron chi connectivity index (χ1n) is 10.5. The minimum atomic E-state index is -0.959. The Bertz CT molecular complexity index is 707. The summed E-state index contributed by atoms with van der Waals surface area (Å²) in [4.78, 5) is 1.62. The average Bonchev–Trinajstić information content (AvgIpc) is 2.71. The minimum Gasteiger partial charge on any atom is -0.494 e. The Morgan fingerprint density at radius 2 is 1.74 bits per heavy atom. The van der Waals surface area contributed by atoms with Crippen LogP contribution < -0.4 is 9.64 Å². The lowest BCUT2D eigenvalue weighted by Gasteiger charge is -2.32. The molecule has 0 saturated carbocycles. The molecule has 1 saturated heterocycles. The molecule has 1 aliphatic rings. The molecule has 1 heterocycles. The van der Waals surface area contributed by atoms with Crippen molar-refractivity contribution < 1.29 is 14.7 Å². The molecule has 2 aromatic carbocycles. The maximum absolute atomic E-state index is 11.8. The molecule has 2 N–H and O–H groups in total. The van der Waals surface area contributed by atoms with Gasteiger partial charge in [-0.2, -0.15) is 0 Å². The van der Waals surface area contributed by atoms with Crippen LogP contribution in [-0.4, -0.2) is 31.3 Å². The molecule has 3 rings (SSSR count). The summed E-state index contributed by atoms with van der Waals surface area (Å²) in [6.45, 7) is 8.37. The van der Waals surface area contributed by atoms with E-state index >= 15 is 0 Å². The highest BCUT2D eigenvalue weighted by atomic mass is 16.5. The number of aliphatic hydroxyl groups is 1. The Balaban J connectivity index is 1.84. The lowest BCUT2D eigenvalue weighted by molar-refractivity contribution is -0.905. The number of benzene rings is 2. The van der Waals surface area contributed by atoms with E-state index in [2.05, 4.69) is 32.0 Å². The zero-order valence-corrected chi connectivity index (χ0v) is 16.8. The zero-order chi connectivity index (χ0) is 19.1. The molecule has 3 nitrogen and oxygen atoms in total. The second kappa shape index (κ2) is 9.38. The Labute approximate surface area is 164 Å². The van der Waals surface area contributed by atoms with Crippen molar-refractivity contribution in [3.63, 3.8) is 0 Å². The van der Waals surface area contributed by atoms with Crippen molar-refractivity contribution in [3.8, 4) is 5.75 Å². The summed E-state index contributed by atoms with van der Waals surface area (Å²) in [6, 6.07) is 16.3. The van der Waals surface area contributed by atoms with Crippen molar-refractivity contribution >= 4 is 0 Å². The van der Waals surface area contributed by atoms with E-state index in [1.165, 1.54) is 37.9 Å². The molecule has 2 aromatic rings. The molecule has 1 aliphatic heterocycles. The summed E-state index contributed by atoms with van der Waals surface area (Å²) in [6.07, 6.45) is 5.70. The minimum absolute atomic E-state index is 0.722. The van der Waals surface area contributed by atoms with Crippen LogP contribution in [0, 0.1) is 6.92 Å². The van der Waals surface area contributed by atoms with Crippen LogP contribution in [0.3, 0.4) is 0 Å². The van der Waals surface area contributed by atoms with Gasteiger partial charge in [0.1, 0.15) is 11.4 Å². The summed E-state index contributed by atoms with van der Waals surface area (Å²) in [7, 11) is 0. The molecule has 0 unspecified atom stereocenters. The van der Waals surface area contributed by atoms with Gasteiger partial charge in [0, 0.05) is 6.42 Å². The fraction of sp³-hybridized carbons (Fsp3) is 0.500. The number of hydrogen-bond acceptors (Lipinski definition) is 2. The second-order valence-corrected chi connectivity index (χ2v) is 7.91. The Morgan fingerprint density at radius 1 is 1.00 bits per heavy atom. The van der Waals surface area contributed by atoms with Crippen molar-refractivity contribution in [2.24, 2.45) is 0 Å². The third-order valence-corrected chi connectivity index (χ3v) is 5.70. The van der Waals surface area contributed by atoms with Crippen molar-refractivity contribution in [1.29, 1.82) is 0 Å². The van der Waals surface area contributed by atoms with Crippen LogP contribution in [0.5, 0.6) is 5.75 Å². The number of hydrogen-bond donors (Lipinski definition) is 2. The summed E-state index contributed by atoms with van der Waals surface area (Å²) >= 11 is 0. The molecule has 1 fully saturated rings. The van der Waals surface area contributed by atoms with Gasteiger partial charge in [-0.25, -0.2) is 0 Å². The standard InChI is InChI=1S/C24H33NO2/c1-3-18-27-23-12-10-21(11-13-23)24(26,22-9-7-8-20(2)19-22)14-17-25-15-5-4-6-16-25/h7-13,19,26H,3-6,14-18H2,1-2H3/p+1/t24-/m0/s1. The molecule has 0 radical (unpaired) electrons. The third-order valence-electron chi connectivity index (χ3n) is 5.70. The molecule has 3 heteroatoms. The maximum atomic E-state index is 11.8. The van der Waals surface area contributed by atoms with Gasteiger partial charge in [-0.15, -0.1) is 0 Å². The Kier molecular flexibility index (Phi) is 6.92. The first-order chi connectivity index (χ1) is 13.1. The number of ether oxygens (including phenoxy) is 1. The van der Waals surface area contributed by atoms with Crippen LogP contribution in [0.2, 0.25) is 0 Å². The highest BCUT2D eigenvalue weighted by molar-refractivity contribution is 5.40. The largest absolute Gasteiger partial charge is 0.494 e. The molecule has 146 valence electrons. The van der Waals surface area contributed by atoms with Gasteiger partial charge in [-0.1, -0.05) is 48.9 Å². The van der Waals surface area contributed by atoms with Crippen LogP contribution in [0.15, 0.2) is 48.5 Å². The van der Waals surface area contributed by atoms with E-state index in [0.29, 0.717) is 0 Å². The number of quaternary nitrogens is 1. The predicted molar refractivity (Wildman–Crippen MR) is 110 cm³/mol. The van der Waals surface area contributed by atoms with Crippen molar-refractivity contribution in [1.82, 2.24) is 0 Å². The van der Waals surface area contributed by atoms with E-state index in [0.717, 1.165) is 42.9 Å². The van der Waals surface area contributed by atoms with Gasteiger partial charge >= 0.3 is 0 Å². The van der Waals surface area contributed by atoms with E-state index in [-0.39, 0.29) is 0 Å². The van der Waals surface area contributed by atoms with Gasteiger partial charge in [0.2, 0.25) is 0 Å². The molecule has 0 aliphatic carbocycles. The van der Waals surface area contributed by atoms with Gasteiger partial charge in [-0.3, -0.25) is 0 Å². The molecule has 1 atom stereocenters. The van der Waals surface area contributed by atoms with E-state index in [1.807, 2.05) is 30.3 Å². The molecule has 0 aromatic heterocycles. The van der Waals surface area contributed by atoms with Crippen LogP contribution in [-0.2, 0) is 5.60 Å². The van der Waals surface area contributed by atoms with Crippen molar-refractivity contribution in [2.75, 3.05) is 26.2 Å². The maximum Gasteiger partial charge on any atom is 0.120 e. The van der Waals surface area contributed by atoms with E-state index in [9.17, 15) is 5.11 Å². The normalized spacial score (nSPS) is 17.4. The number of aryl methyl sites for hydroxylation is 1. The van der Waals surface area contributed by atoms with Crippen LogP contribution in [0.1, 0.15) is 55.7 Å². The second-order valence-electron chi connectivity index (χ2n) is 7.91. The van der Waals surface area contributed by atoms with E-state index < -0.39 is 5.60 Å². The number of likely N-dealkylation sites (tertiary alicyclic amines) is 1. The molecular weight excluding hydrogens is 334 g/mol. The molecule has 27 heavy (non-hydrogen) atoms. The van der Waals surface area contributed by atoms with Gasteiger partial charge in [-0.05, 0) is 55.9 Å². The Hall–Kier alpha value is -1.84. The predicted octanol–water partition coefficient (Wildman–Crippen LogP) is 3.48. The molecule has 0 bridgehead atoms. The summed E-state index contributed by atoms with van der Waals surface area (Å²) in [5, 5.41) is 11.8. The number of rotatable bonds is 8. The van der Waals surface area contributed by atoms with E-state index in [4.69, 9.17) is 4.74 Å². The number of piperidine rings is 1. The highest BCUT2D eigenvalue weighted by Crippen LogP contribution is 2.34. The average molecular weight is 369 g/mol. The van der Waals surface area contributed by atoms with Gasteiger partial charge in [0.25, 0.3) is 0 Å². The SMILES string of the molecule is CCCOc1ccc([C@@](O)(CC[NH+]2CCCCC2)c2cccc(C)c2)cc1. The Morgan fingerprint density at radius 3 is 2.41 bits per heavy atom.